The maximum atomic E-state index is 13.4. The summed E-state index contributed by atoms with van der Waals surface area (Å²) in [4.78, 5) is 14.2. The molecule has 3 rings (SSSR count). The highest BCUT2D eigenvalue weighted by atomic mass is 32.2. The molecule has 0 radical (unpaired) electrons. The van der Waals surface area contributed by atoms with Gasteiger partial charge in [-0.05, 0) is 29.8 Å². The number of halogens is 2. The standard InChI is InChI=1S/C19H20F2N2O2S/c20-15-3-6-18(17(21)11-15)25-13-19(24)22-12-14-1-4-16(5-2-14)23-7-9-26-10-8-23/h1-6,11H,7-10,12-13H2,(H,22,24). The average molecular weight is 378 g/mol. The third-order valence-electron chi connectivity index (χ3n) is 4.05. The van der Waals surface area contributed by atoms with Gasteiger partial charge in [0.1, 0.15) is 5.82 Å². The average Bonchev–Trinajstić information content (AvgIpc) is 2.67. The van der Waals surface area contributed by atoms with Crippen LogP contribution in [0.15, 0.2) is 42.5 Å². The largest absolute Gasteiger partial charge is 0.481 e. The van der Waals surface area contributed by atoms with E-state index < -0.39 is 11.6 Å². The molecular formula is C19H20F2N2O2S. The van der Waals surface area contributed by atoms with Gasteiger partial charge in [-0.15, -0.1) is 0 Å². The van der Waals surface area contributed by atoms with Crippen LogP contribution in [-0.2, 0) is 11.3 Å². The monoisotopic (exact) mass is 378 g/mol. The Bertz CT molecular complexity index is 750. The van der Waals surface area contributed by atoms with Crippen LogP contribution in [0.2, 0.25) is 0 Å². The van der Waals surface area contributed by atoms with E-state index in [1.165, 1.54) is 5.69 Å². The molecule has 1 aliphatic heterocycles. The lowest BCUT2D eigenvalue weighted by Crippen LogP contribution is -2.32. The molecular weight excluding hydrogens is 358 g/mol. The number of rotatable bonds is 6. The van der Waals surface area contributed by atoms with Gasteiger partial charge >= 0.3 is 0 Å². The van der Waals surface area contributed by atoms with Gasteiger partial charge in [-0.1, -0.05) is 12.1 Å². The Morgan fingerprint density at radius 3 is 2.54 bits per heavy atom. The van der Waals surface area contributed by atoms with Gasteiger partial charge in [0.05, 0.1) is 0 Å². The Kier molecular flexibility index (Phi) is 6.33. The van der Waals surface area contributed by atoms with Gasteiger partial charge in [0.2, 0.25) is 0 Å². The first-order valence-electron chi connectivity index (χ1n) is 8.38. The summed E-state index contributed by atoms with van der Waals surface area (Å²) in [5, 5.41) is 2.72. The van der Waals surface area contributed by atoms with Crippen molar-refractivity contribution in [1.29, 1.82) is 0 Å². The summed E-state index contributed by atoms with van der Waals surface area (Å²) in [6.45, 7) is 2.15. The number of carbonyl (C=O) groups excluding carboxylic acids is 1. The van der Waals surface area contributed by atoms with Crippen LogP contribution in [-0.4, -0.2) is 37.1 Å². The van der Waals surface area contributed by atoms with E-state index >= 15 is 0 Å². The van der Waals surface area contributed by atoms with Crippen LogP contribution in [0, 0.1) is 11.6 Å². The molecule has 1 amide bonds. The zero-order valence-electron chi connectivity index (χ0n) is 14.2. The van der Waals surface area contributed by atoms with Crippen LogP contribution in [0.3, 0.4) is 0 Å². The van der Waals surface area contributed by atoms with Crippen molar-refractivity contribution in [2.75, 3.05) is 36.1 Å². The molecule has 0 unspecified atom stereocenters. The molecule has 2 aromatic carbocycles. The highest BCUT2D eigenvalue weighted by Gasteiger charge is 2.11. The van der Waals surface area contributed by atoms with E-state index in [1.807, 2.05) is 23.9 Å². The number of ether oxygens (including phenoxy) is 1. The molecule has 0 aromatic heterocycles. The molecule has 0 saturated carbocycles. The number of carbonyl (C=O) groups is 1. The molecule has 1 aliphatic rings. The van der Waals surface area contributed by atoms with Crippen molar-refractivity contribution in [2.45, 2.75) is 6.54 Å². The maximum absolute atomic E-state index is 13.4. The van der Waals surface area contributed by atoms with Crippen LogP contribution >= 0.6 is 11.8 Å². The molecule has 0 spiro atoms. The molecule has 1 saturated heterocycles. The van der Waals surface area contributed by atoms with Gasteiger partial charge < -0.3 is 15.0 Å². The highest BCUT2D eigenvalue weighted by Crippen LogP contribution is 2.20. The van der Waals surface area contributed by atoms with Gasteiger partial charge in [0.15, 0.2) is 18.2 Å². The van der Waals surface area contributed by atoms with E-state index in [4.69, 9.17) is 4.74 Å². The number of nitrogens with zero attached hydrogens (tertiary/aromatic N) is 1. The number of thioether (sulfide) groups is 1. The number of anilines is 1. The summed E-state index contributed by atoms with van der Waals surface area (Å²) in [6, 6.07) is 11.0. The minimum absolute atomic E-state index is 0.148. The molecule has 2 aromatic rings. The Labute approximate surface area is 155 Å². The van der Waals surface area contributed by atoms with Crippen LogP contribution in [0.4, 0.5) is 14.5 Å². The predicted molar refractivity (Wildman–Crippen MR) is 99.7 cm³/mol. The third kappa shape index (κ3) is 5.11. The van der Waals surface area contributed by atoms with Crippen molar-refractivity contribution in [3.63, 3.8) is 0 Å². The second-order valence-electron chi connectivity index (χ2n) is 5.91. The molecule has 0 atom stereocenters. The molecule has 0 bridgehead atoms. The van der Waals surface area contributed by atoms with Gasteiger partial charge in [0.25, 0.3) is 5.91 Å². The van der Waals surface area contributed by atoms with Crippen LogP contribution in [0.25, 0.3) is 0 Å². The molecule has 1 N–H and O–H groups in total. The van der Waals surface area contributed by atoms with E-state index in [9.17, 15) is 13.6 Å². The van der Waals surface area contributed by atoms with Crippen molar-refractivity contribution in [3.05, 3.63) is 59.7 Å². The Hall–Kier alpha value is -2.28. The summed E-state index contributed by atoms with van der Waals surface area (Å²) in [5.74, 6) is 0.255. The van der Waals surface area contributed by atoms with E-state index in [1.54, 1.807) is 0 Å². The second-order valence-corrected chi connectivity index (χ2v) is 7.13. The fraction of sp³-hybridized carbons (Fsp3) is 0.316. The molecule has 1 heterocycles. The minimum Gasteiger partial charge on any atom is -0.481 e. The predicted octanol–water partition coefficient (Wildman–Crippen LogP) is 3.21. The first kappa shape index (κ1) is 18.5. The van der Waals surface area contributed by atoms with Gasteiger partial charge in [-0.25, -0.2) is 8.78 Å². The van der Waals surface area contributed by atoms with Gasteiger partial charge in [-0.3, -0.25) is 4.79 Å². The van der Waals surface area contributed by atoms with E-state index in [2.05, 4.69) is 22.3 Å². The summed E-state index contributed by atoms with van der Waals surface area (Å²) in [5.41, 5.74) is 2.16. The fourth-order valence-electron chi connectivity index (χ4n) is 2.63. The van der Waals surface area contributed by atoms with E-state index in [0.717, 1.165) is 48.4 Å². The molecule has 138 valence electrons. The number of amides is 1. The SMILES string of the molecule is O=C(COc1ccc(F)cc1F)NCc1ccc(N2CCSCC2)cc1. The molecule has 7 heteroatoms. The molecule has 26 heavy (non-hydrogen) atoms. The Balaban J connectivity index is 1.45. The maximum Gasteiger partial charge on any atom is 0.258 e. The van der Waals surface area contributed by atoms with Crippen molar-refractivity contribution in [3.8, 4) is 5.75 Å². The lowest BCUT2D eigenvalue weighted by Gasteiger charge is -2.28. The van der Waals surface area contributed by atoms with E-state index in [0.29, 0.717) is 6.54 Å². The smallest absolute Gasteiger partial charge is 0.258 e. The first-order valence-corrected chi connectivity index (χ1v) is 9.53. The van der Waals surface area contributed by atoms with Crippen molar-refractivity contribution in [2.24, 2.45) is 0 Å². The Morgan fingerprint density at radius 1 is 1.12 bits per heavy atom. The molecule has 1 fully saturated rings. The number of hydrogen-bond donors (Lipinski definition) is 1. The van der Waals surface area contributed by atoms with Crippen molar-refractivity contribution >= 4 is 23.4 Å². The summed E-state index contributed by atoms with van der Waals surface area (Å²) in [7, 11) is 0. The first-order chi connectivity index (χ1) is 12.6. The van der Waals surface area contributed by atoms with Crippen LogP contribution < -0.4 is 15.0 Å². The number of benzene rings is 2. The third-order valence-corrected chi connectivity index (χ3v) is 5.00. The quantitative estimate of drug-likeness (QED) is 0.838. The lowest BCUT2D eigenvalue weighted by atomic mass is 10.2. The van der Waals surface area contributed by atoms with E-state index in [-0.39, 0.29) is 18.3 Å². The highest BCUT2D eigenvalue weighted by molar-refractivity contribution is 7.99. The van der Waals surface area contributed by atoms with Crippen LogP contribution in [0.1, 0.15) is 5.56 Å². The van der Waals surface area contributed by atoms with Crippen LogP contribution in [0.5, 0.6) is 5.75 Å². The van der Waals surface area contributed by atoms with Gasteiger partial charge in [-0.2, -0.15) is 11.8 Å². The topological polar surface area (TPSA) is 41.6 Å². The second kappa shape index (κ2) is 8.89. The van der Waals surface area contributed by atoms with Gasteiger partial charge in [0, 0.05) is 42.9 Å². The molecule has 4 nitrogen and oxygen atoms in total. The summed E-state index contributed by atoms with van der Waals surface area (Å²) < 4.78 is 31.3. The summed E-state index contributed by atoms with van der Waals surface area (Å²) >= 11 is 1.97. The zero-order valence-corrected chi connectivity index (χ0v) is 15.0. The number of nitrogens with one attached hydrogen (secondary N) is 1. The fourth-order valence-corrected chi connectivity index (χ4v) is 3.54. The lowest BCUT2D eigenvalue weighted by molar-refractivity contribution is -0.123. The minimum atomic E-state index is -0.829. The Morgan fingerprint density at radius 2 is 1.85 bits per heavy atom. The molecule has 0 aliphatic carbocycles. The summed E-state index contributed by atoms with van der Waals surface area (Å²) in [6.07, 6.45) is 0. The normalized spacial score (nSPS) is 14.2. The van der Waals surface area contributed by atoms with Crippen molar-refractivity contribution < 1.29 is 18.3 Å². The number of hydrogen-bond acceptors (Lipinski definition) is 4. The zero-order chi connectivity index (χ0) is 18.4. The van der Waals surface area contributed by atoms with Crippen molar-refractivity contribution in [1.82, 2.24) is 5.32 Å².